The van der Waals surface area contributed by atoms with Crippen LogP contribution in [0.25, 0.3) is 0 Å². The van der Waals surface area contributed by atoms with Crippen LogP contribution in [0.2, 0.25) is 0 Å². The van der Waals surface area contributed by atoms with Crippen LogP contribution in [0.15, 0.2) is 60.9 Å². The molecular formula is C22H18FN3O2. The van der Waals surface area contributed by atoms with Crippen molar-refractivity contribution in [3.63, 3.8) is 0 Å². The van der Waals surface area contributed by atoms with Gasteiger partial charge in [-0.15, -0.1) is 0 Å². The van der Waals surface area contributed by atoms with Crippen molar-refractivity contribution in [2.24, 2.45) is 0 Å². The Kier molecular flexibility index (Phi) is 5.66. The van der Waals surface area contributed by atoms with E-state index in [0.717, 1.165) is 11.1 Å². The van der Waals surface area contributed by atoms with Gasteiger partial charge in [-0.2, -0.15) is 5.26 Å². The molecular weight excluding hydrogens is 357 g/mol. The summed E-state index contributed by atoms with van der Waals surface area (Å²) in [6.07, 6.45) is 3.16. The van der Waals surface area contributed by atoms with Gasteiger partial charge in [0.05, 0.1) is 19.2 Å². The van der Waals surface area contributed by atoms with Crippen LogP contribution < -0.4 is 9.64 Å². The predicted octanol–water partition coefficient (Wildman–Crippen LogP) is 4.26. The fourth-order valence-corrected chi connectivity index (χ4v) is 2.91. The van der Waals surface area contributed by atoms with E-state index >= 15 is 0 Å². The standard InChI is InChI=1S/C22H18FN3O2/c1-15-13-25-10-9-19(15)22(27)26(14-16-5-3-4-6-21(16)28-2)18-7-8-20(23)17(11-18)12-24/h3-11,13H,14H2,1-2H3. The second-order valence-corrected chi connectivity index (χ2v) is 6.17. The number of anilines is 1. The van der Waals surface area contributed by atoms with Gasteiger partial charge < -0.3 is 9.64 Å². The lowest BCUT2D eigenvalue weighted by atomic mass is 10.1. The van der Waals surface area contributed by atoms with Gasteiger partial charge in [-0.25, -0.2) is 4.39 Å². The SMILES string of the molecule is COc1ccccc1CN(C(=O)c1ccncc1C)c1ccc(F)c(C#N)c1. The van der Waals surface area contributed by atoms with Crippen LogP contribution in [0.4, 0.5) is 10.1 Å². The minimum Gasteiger partial charge on any atom is -0.496 e. The Hall–Kier alpha value is -3.72. The first kappa shape index (κ1) is 19.1. The number of para-hydroxylation sites is 1. The molecule has 6 heteroatoms. The molecule has 0 aliphatic heterocycles. The maximum atomic E-state index is 13.8. The van der Waals surface area contributed by atoms with E-state index in [0.29, 0.717) is 17.0 Å². The molecule has 5 nitrogen and oxygen atoms in total. The average Bonchev–Trinajstić information content (AvgIpc) is 2.72. The van der Waals surface area contributed by atoms with E-state index in [1.54, 1.807) is 38.6 Å². The van der Waals surface area contributed by atoms with Gasteiger partial charge in [-0.05, 0) is 42.8 Å². The molecule has 0 saturated carbocycles. The van der Waals surface area contributed by atoms with Crippen molar-refractivity contribution in [1.29, 1.82) is 5.26 Å². The Morgan fingerprint density at radius 3 is 2.75 bits per heavy atom. The molecule has 1 amide bonds. The average molecular weight is 375 g/mol. The van der Waals surface area contributed by atoms with Crippen molar-refractivity contribution in [3.05, 3.63) is 89.0 Å². The van der Waals surface area contributed by atoms with E-state index in [4.69, 9.17) is 4.74 Å². The number of pyridine rings is 1. The summed E-state index contributed by atoms with van der Waals surface area (Å²) < 4.78 is 19.2. The number of amides is 1. The number of aromatic nitrogens is 1. The number of halogens is 1. The van der Waals surface area contributed by atoms with Crippen LogP contribution >= 0.6 is 0 Å². The number of nitriles is 1. The summed E-state index contributed by atoms with van der Waals surface area (Å²) in [5.41, 5.74) is 2.28. The molecule has 0 atom stereocenters. The lowest BCUT2D eigenvalue weighted by Gasteiger charge is -2.25. The largest absolute Gasteiger partial charge is 0.496 e. The van der Waals surface area contributed by atoms with Crippen LogP contribution in [-0.4, -0.2) is 18.0 Å². The van der Waals surface area contributed by atoms with Gasteiger partial charge in [-0.1, -0.05) is 18.2 Å². The molecule has 0 bridgehead atoms. The summed E-state index contributed by atoms with van der Waals surface area (Å²) in [6, 6.07) is 14.9. The predicted molar refractivity (Wildman–Crippen MR) is 104 cm³/mol. The molecule has 28 heavy (non-hydrogen) atoms. The Balaban J connectivity index is 2.10. The third-order valence-corrected chi connectivity index (χ3v) is 4.40. The van der Waals surface area contributed by atoms with Gasteiger partial charge in [0.15, 0.2) is 0 Å². The molecule has 0 fully saturated rings. The normalized spacial score (nSPS) is 10.2. The highest BCUT2D eigenvalue weighted by Gasteiger charge is 2.22. The molecule has 0 aliphatic rings. The summed E-state index contributed by atoms with van der Waals surface area (Å²) in [5, 5.41) is 9.17. The molecule has 0 saturated heterocycles. The van der Waals surface area contributed by atoms with Gasteiger partial charge in [0, 0.05) is 29.2 Å². The fourth-order valence-electron chi connectivity index (χ4n) is 2.91. The summed E-state index contributed by atoms with van der Waals surface area (Å²) in [4.78, 5) is 18.9. The van der Waals surface area contributed by atoms with Crippen molar-refractivity contribution >= 4 is 11.6 Å². The quantitative estimate of drug-likeness (QED) is 0.668. The second kappa shape index (κ2) is 8.31. The highest BCUT2D eigenvalue weighted by molar-refractivity contribution is 6.07. The highest BCUT2D eigenvalue weighted by Crippen LogP contribution is 2.27. The number of ether oxygens (including phenoxy) is 1. The highest BCUT2D eigenvalue weighted by atomic mass is 19.1. The first-order valence-electron chi connectivity index (χ1n) is 8.59. The monoisotopic (exact) mass is 375 g/mol. The molecule has 3 aromatic rings. The summed E-state index contributed by atoms with van der Waals surface area (Å²) in [5.74, 6) is -0.272. The van der Waals surface area contributed by atoms with Crippen LogP contribution in [0.3, 0.4) is 0 Å². The minimum atomic E-state index is -0.629. The smallest absolute Gasteiger partial charge is 0.258 e. The van der Waals surface area contributed by atoms with Crippen molar-refractivity contribution in [2.45, 2.75) is 13.5 Å². The molecule has 0 aliphatic carbocycles. The van der Waals surface area contributed by atoms with Gasteiger partial charge >= 0.3 is 0 Å². The maximum absolute atomic E-state index is 13.8. The zero-order chi connectivity index (χ0) is 20.1. The number of rotatable bonds is 5. The molecule has 1 aromatic heterocycles. The maximum Gasteiger partial charge on any atom is 0.258 e. The van der Waals surface area contributed by atoms with Crippen molar-refractivity contribution < 1.29 is 13.9 Å². The van der Waals surface area contributed by atoms with Crippen molar-refractivity contribution in [3.8, 4) is 11.8 Å². The number of nitrogens with zero attached hydrogens (tertiary/aromatic N) is 3. The molecule has 0 spiro atoms. The molecule has 0 radical (unpaired) electrons. The van der Waals surface area contributed by atoms with Crippen molar-refractivity contribution in [1.82, 2.24) is 4.98 Å². The Bertz CT molecular complexity index is 1060. The van der Waals surface area contributed by atoms with Gasteiger partial charge in [0.25, 0.3) is 5.91 Å². The molecule has 0 N–H and O–H groups in total. The van der Waals surface area contributed by atoms with E-state index in [-0.39, 0.29) is 18.0 Å². The number of aryl methyl sites for hydroxylation is 1. The summed E-state index contributed by atoms with van der Waals surface area (Å²) >= 11 is 0. The van der Waals surface area contributed by atoms with E-state index in [9.17, 15) is 14.4 Å². The van der Waals surface area contributed by atoms with Crippen LogP contribution in [0.5, 0.6) is 5.75 Å². The van der Waals surface area contributed by atoms with Crippen LogP contribution in [0.1, 0.15) is 27.0 Å². The lowest BCUT2D eigenvalue weighted by molar-refractivity contribution is 0.0984. The van der Waals surface area contributed by atoms with Crippen LogP contribution in [0, 0.1) is 24.1 Å². The molecule has 3 rings (SSSR count). The molecule has 140 valence electrons. The van der Waals surface area contributed by atoms with E-state index in [2.05, 4.69) is 4.98 Å². The third kappa shape index (κ3) is 3.84. The lowest BCUT2D eigenvalue weighted by Crippen LogP contribution is -2.31. The number of benzene rings is 2. The number of methoxy groups -OCH3 is 1. The Labute approximate surface area is 162 Å². The van der Waals surface area contributed by atoms with Crippen molar-refractivity contribution in [2.75, 3.05) is 12.0 Å². The topological polar surface area (TPSA) is 66.2 Å². The number of carbonyl (C=O) groups excluding carboxylic acids is 1. The Morgan fingerprint density at radius 1 is 1.25 bits per heavy atom. The van der Waals surface area contributed by atoms with E-state index < -0.39 is 5.82 Å². The van der Waals surface area contributed by atoms with Gasteiger partial charge in [-0.3, -0.25) is 9.78 Å². The number of hydrogen-bond acceptors (Lipinski definition) is 4. The molecule has 1 heterocycles. The van der Waals surface area contributed by atoms with Gasteiger partial charge in [0.1, 0.15) is 17.6 Å². The molecule has 2 aromatic carbocycles. The van der Waals surface area contributed by atoms with Gasteiger partial charge in [0.2, 0.25) is 0 Å². The molecule has 0 unspecified atom stereocenters. The van der Waals surface area contributed by atoms with Crippen LogP contribution in [-0.2, 0) is 6.54 Å². The Morgan fingerprint density at radius 2 is 2.04 bits per heavy atom. The first-order chi connectivity index (χ1) is 13.5. The third-order valence-electron chi connectivity index (χ3n) is 4.40. The first-order valence-corrected chi connectivity index (χ1v) is 8.59. The fraction of sp³-hybridized carbons (Fsp3) is 0.136. The number of carbonyl (C=O) groups is 1. The van der Waals surface area contributed by atoms with E-state index in [1.807, 2.05) is 24.3 Å². The zero-order valence-corrected chi connectivity index (χ0v) is 15.5. The van der Waals surface area contributed by atoms with E-state index in [1.165, 1.54) is 23.1 Å². The second-order valence-electron chi connectivity index (χ2n) is 6.17. The minimum absolute atomic E-state index is 0.123. The summed E-state index contributed by atoms with van der Waals surface area (Å²) in [6.45, 7) is 1.99. The summed E-state index contributed by atoms with van der Waals surface area (Å²) in [7, 11) is 1.56. The number of hydrogen-bond donors (Lipinski definition) is 0. The zero-order valence-electron chi connectivity index (χ0n) is 15.5.